The number of halogens is 1. The maximum absolute atomic E-state index is 12.3. The standard InChI is InChI=1S/C14H17BrO3/c1-4-18-12(16)9-14(2,3)13(17)10-5-7-11(15)8-6-10/h5-8H,4,9H2,1-3H3. The highest BCUT2D eigenvalue weighted by molar-refractivity contribution is 9.10. The van der Waals surface area contributed by atoms with E-state index in [0.717, 1.165) is 4.47 Å². The summed E-state index contributed by atoms with van der Waals surface area (Å²) >= 11 is 3.32. The van der Waals surface area contributed by atoms with Crippen molar-refractivity contribution in [1.29, 1.82) is 0 Å². The number of benzene rings is 1. The van der Waals surface area contributed by atoms with Crippen molar-refractivity contribution in [2.75, 3.05) is 6.61 Å². The Morgan fingerprint density at radius 2 is 1.78 bits per heavy atom. The molecule has 98 valence electrons. The zero-order chi connectivity index (χ0) is 13.8. The lowest BCUT2D eigenvalue weighted by Crippen LogP contribution is -2.28. The molecule has 1 rings (SSSR count). The normalized spacial score (nSPS) is 11.1. The van der Waals surface area contributed by atoms with Crippen LogP contribution in [0.4, 0.5) is 0 Å². The lowest BCUT2D eigenvalue weighted by atomic mass is 9.81. The second-order valence-corrected chi connectivity index (χ2v) is 5.62. The van der Waals surface area contributed by atoms with Crippen molar-refractivity contribution < 1.29 is 14.3 Å². The summed E-state index contributed by atoms with van der Waals surface area (Å²) in [6.07, 6.45) is 0.0930. The third-order valence-electron chi connectivity index (χ3n) is 2.61. The minimum Gasteiger partial charge on any atom is -0.466 e. The summed E-state index contributed by atoms with van der Waals surface area (Å²) in [5.74, 6) is -0.393. The smallest absolute Gasteiger partial charge is 0.306 e. The van der Waals surface area contributed by atoms with E-state index in [4.69, 9.17) is 4.74 Å². The third-order valence-corrected chi connectivity index (χ3v) is 3.14. The van der Waals surface area contributed by atoms with Gasteiger partial charge in [-0.3, -0.25) is 9.59 Å². The third kappa shape index (κ3) is 3.95. The fraction of sp³-hybridized carbons (Fsp3) is 0.429. The van der Waals surface area contributed by atoms with Crippen LogP contribution in [0.15, 0.2) is 28.7 Å². The van der Waals surface area contributed by atoms with Gasteiger partial charge in [-0.25, -0.2) is 0 Å². The van der Waals surface area contributed by atoms with Gasteiger partial charge in [-0.15, -0.1) is 0 Å². The van der Waals surface area contributed by atoms with Crippen LogP contribution in [-0.4, -0.2) is 18.4 Å². The first kappa shape index (κ1) is 14.9. The van der Waals surface area contributed by atoms with E-state index >= 15 is 0 Å². The second-order valence-electron chi connectivity index (χ2n) is 4.70. The Balaban J connectivity index is 2.81. The zero-order valence-corrected chi connectivity index (χ0v) is 12.4. The first-order valence-corrected chi connectivity index (χ1v) is 6.62. The van der Waals surface area contributed by atoms with Crippen LogP contribution < -0.4 is 0 Å². The second kappa shape index (κ2) is 6.14. The largest absolute Gasteiger partial charge is 0.466 e. The molecule has 0 unspecified atom stereocenters. The number of ether oxygens (including phenoxy) is 1. The predicted octanol–water partition coefficient (Wildman–Crippen LogP) is 3.61. The lowest BCUT2D eigenvalue weighted by molar-refractivity contribution is -0.144. The van der Waals surface area contributed by atoms with Crippen molar-refractivity contribution in [2.45, 2.75) is 27.2 Å². The SMILES string of the molecule is CCOC(=O)CC(C)(C)C(=O)c1ccc(Br)cc1. The molecule has 0 aliphatic carbocycles. The number of ketones is 1. The highest BCUT2D eigenvalue weighted by atomic mass is 79.9. The summed E-state index contributed by atoms with van der Waals surface area (Å²) in [6, 6.07) is 7.12. The molecule has 1 aromatic carbocycles. The Labute approximate surface area is 116 Å². The van der Waals surface area contributed by atoms with E-state index in [2.05, 4.69) is 15.9 Å². The van der Waals surface area contributed by atoms with Gasteiger partial charge in [0.2, 0.25) is 0 Å². The average Bonchev–Trinajstić information content (AvgIpc) is 2.28. The van der Waals surface area contributed by atoms with Crippen LogP contribution in [0.25, 0.3) is 0 Å². The Kier molecular flexibility index (Phi) is 5.08. The van der Waals surface area contributed by atoms with Gasteiger partial charge in [0, 0.05) is 15.5 Å². The van der Waals surface area contributed by atoms with E-state index < -0.39 is 5.41 Å². The molecule has 0 heterocycles. The van der Waals surface area contributed by atoms with E-state index in [1.54, 1.807) is 32.9 Å². The fourth-order valence-corrected chi connectivity index (χ4v) is 1.91. The average molecular weight is 313 g/mol. The number of carbonyl (C=O) groups excluding carboxylic acids is 2. The Bertz CT molecular complexity index is 435. The summed E-state index contributed by atoms with van der Waals surface area (Å²) in [6.45, 7) is 5.60. The van der Waals surface area contributed by atoms with Crippen LogP contribution >= 0.6 is 15.9 Å². The molecule has 3 nitrogen and oxygen atoms in total. The first-order valence-electron chi connectivity index (χ1n) is 5.83. The maximum Gasteiger partial charge on any atom is 0.306 e. The lowest BCUT2D eigenvalue weighted by Gasteiger charge is -2.21. The summed E-state index contributed by atoms with van der Waals surface area (Å²) < 4.78 is 5.80. The van der Waals surface area contributed by atoms with E-state index in [1.165, 1.54) is 0 Å². The van der Waals surface area contributed by atoms with Crippen LogP contribution in [0.2, 0.25) is 0 Å². The van der Waals surface area contributed by atoms with Crippen molar-refractivity contribution in [3.63, 3.8) is 0 Å². The van der Waals surface area contributed by atoms with Gasteiger partial charge >= 0.3 is 5.97 Å². The maximum atomic E-state index is 12.3. The molecule has 0 atom stereocenters. The van der Waals surface area contributed by atoms with Crippen molar-refractivity contribution in [1.82, 2.24) is 0 Å². The molecule has 0 spiro atoms. The van der Waals surface area contributed by atoms with E-state index in [1.807, 2.05) is 12.1 Å². The zero-order valence-electron chi connectivity index (χ0n) is 10.8. The van der Waals surface area contributed by atoms with Gasteiger partial charge in [-0.1, -0.05) is 41.9 Å². The van der Waals surface area contributed by atoms with Crippen LogP contribution in [0.5, 0.6) is 0 Å². The van der Waals surface area contributed by atoms with E-state index in [9.17, 15) is 9.59 Å². The Morgan fingerprint density at radius 1 is 1.22 bits per heavy atom. The quantitative estimate of drug-likeness (QED) is 0.616. The molecular formula is C14H17BrO3. The van der Waals surface area contributed by atoms with Gasteiger partial charge in [0.15, 0.2) is 5.78 Å². The molecule has 18 heavy (non-hydrogen) atoms. The fourth-order valence-electron chi connectivity index (χ4n) is 1.65. The molecule has 0 fully saturated rings. The van der Waals surface area contributed by atoms with Gasteiger partial charge in [0.05, 0.1) is 13.0 Å². The molecule has 0 amide bonds. The number of carbonyl (C=O) groups is 2. The Morgan fingerprint density at radius 3 is 2.28 bits per heavy atom. The van der Waals surface area contributed by atoms with Crippen LogP contribution in [0, 0.1) is 5.41 Å². The molecule has 0 saturated carbocycles. The number of hydrogen-bond donors (Lipinski definition) is 0. The van der Waals surface area contributed by atoms with Crippen molar-refractivity contribution in [2.24, 2.45) is 5.41 Å². The molecule has 0 N–H and O–H groups in total. The van der Waals surface area contributed by atoms with E-state index in [0.29, 0.717) is 12.2 Å². The van der Waals surface area contributed by atoms with Crippen molar-refractivity contribution >= 4 is 27.7 Å². The summed E-state index contributed by atoms with van der Waals surface area (Å²) in [5.41, 5.74) is -0.146. The van der Waals surface area contributed by atoms with Crippen LogP contribution in [0.3, 0.4) is 0 Å². The van der Waals surface area contributed by atoms with Gasteiger partial charge in [0.25, 0.3) is 0 Å². The van der Waals surface area contributed by atoms with Gasteiger partial charge in [0.1, 0.15) is 0 Å². The minimum atomic E-state index is -0.750. The molecule has 4 heteroatoms. The van der Waals surface area contributed by atoms with Crippen molar-refractivity contribution in [3.05, 3.63) is 34.3 Å². The molecular weight excluding hydrogens is 296 g/mol. The van der Waals surface area contributed by atoms with Crippen LogP contribution in [0.1, 0.15) is 37.6 Å². The summed E-state index contributed by atoms with van der Waals surface area (Å²) in [4.78, 5) is 23.8. The number of rotatable bonds is 5. The molecule has 0 aromatic heterocycles. The van der Waals surface area contributed by atoms with Gasteiger partial charge < -0.3 is 4.74 Å². The Hall–Kier alpha value is -1.16. The summed E-state index contributed by atoms with van der Waals surface area (Å²) in [5, 5.41) is 0. The number of Topliss-reactive ketones (excluding diaryl/α,β-unsaturated/α-hetero) is 1. The topological polar surface area (TPSA) is 43.4 Å². The van der Waals surface area contributed by atoms with E-state index in [-0.39, 0.29) is 18.2 Å². The highest BCUT2D eigenvalue weighted by Gasteiger charge is 2.31. The molecule has 0 radical (unpaired) electrons. The molecule has 0 aliphatic rings. The molecule has 1 aromatic rings. The predicted molar refractivity (Wildman–Crippen MR) is 73.5 cm³/mol. The van der Waals surface area contributed by atoms with Crippen molar-refractivity contribution in [3.8, 4) is 0 Å². The molecule has 0 aliphatic heterocycles. The number of hydrogen-bond acceptors (Lipinski definition) is 3. The minimum absolute atomic E-state index is 0.0527. The number of esters is 1. The molecule has 0 bridgehead atoms. The highest BCUT2D eigenvalue weighted by Crippen LogP contribution is 2.27. The monoisotopic (exact) mass is 312 g/mol. The van der Waals surface area contributed by atoms with Gasteiger partial charge in [-0.2, -0.15) is 0 Å². The molecule has 0 saturated heterocycles. The van der Waals surface area contributed by atoms with Crippen LogP contribution in [-0.2, 0) is 9.53 Å². The summed E-state index contributed by atoms with van der Waals surface area (Å²) in [7, 11) is 0. The van der Waals surface area contributed by atoms with Gasteiger partial charge in [-0.05, 0) is 19.1 Å². The first-order chi connectivity index (χ1) is 8.36.